The van der Waals surface area contributed by atoms with E-state index in [0.29, 0.717) is 13.1 Å². The van der Waals surface area contributed by atoms with Gasteiger partial charge in [-0.25, -0.2) is 0 Å². The maximum Gasteiger partial charge on any atom is 0.312 e. The number of benzene rings is 1. The number of nitrogens with zero attached hydrogens (tertiary/aromatic N) is 1. The zero-order valence-electron chi connectivity index (χ0n) is 11.4. The van der Waals surface area contributed by atoms with Gasteiger partial charge in [-0.1, -0.05) is 12.1 Å². The van der Waals surface area contributed by atoms with Crippen molar-refractivity contribution in [1.82, 2.24) is 0 Å². The van der Waals surface area contributed by atoms with Gasteiger partial charge in [-0.2, -0.15) is 0 Å². The predicted octanol–water partition coefficient (Wildman–Crippen LogP) is 0.754. The zero-order valence-corrected chi connectivity index (χ0v) is 11.4. The fourth-order valence-electron chi connectivity index (χ4n) is 1.90. The van der Waals surface area contributed by atoms with Gasteiger partial charge in [-0.3, -0.25) is 4.79 Å². The molecule has 5 nitrogen and oxygen atoms in total. The lowest BCUT2D eigenvalue weighted by atomic mass is 10.0. The van der Waals surface area contributed by atoms with Crippen molar-refractivity contribution in [2.24, 2.45) is 0 Å². The number of carbonyl (C=O) groups is 1. The first-order valence-corrected chi connectivity index (χ1v) is 6.28. The maximum absolute atomic E-state index is 11.4. The van der Waals surface area contributed by atoms with Crippen LogP contribution in [0.4, 0.5) is 5.69 Å². The molecule has 5 heteroatoms. The monoisotopic (exact) mass is 267 g/mol. The number of aliphatic hydroxyl groups excluding tert-OH is 2. The molecule has 0 aliphatic heterocycles. The topological polar surface area (TPSA) is 70.0 Å². The zero-order chi connectivity index (χ0) is 14.3. The van der Waals surface area contributed by atoms with E-state index >= 15 is 0 Å². The summed E-state index contributed by atoms with van der Waals surface area (Å²) in [6.45, 7) is 2.78. The third kappa shape index (κ3) is 4.22. The Bertz CT molecular complexity index is 385. The van der Waals surface area contributed by atoms with Crippen molar-refractivity contribution in [2.45, 2.75) is 12.8 Å². The average molecular weight is 267 g/mol. The predicted molar refractivity (Wildman–Crippen MR) is 73.3 cm³/mol. The molecule has 2 N–H and O–H groups in total. The Hall–Kier alpha value is -1.59. The van der Waals surface area contributed by atoms with Crippen LogP contribution in [0.15, 0.2) is 24.3 Å². The van der Waals surface area contributed by atoms with E-state index in [2.05, 4.69) is 0 Å². The highest BCUT2D eigenvalue weighted by Crippen LogP contribution is 2.21. The highest BCUT2D eigenvalue weighted by Gasteiger charge is 2.15. The normalized spacial score (nSPS) is 12.0. The van der Waals surface area contributed by atoms with Gasteiger partial charge in [0.25, 0.3) is 0 Å². The smallest absolute Gasteiger partial charge is 0.312 e. The van der Waals surface area contributed by atoms with Crippen LogP contribution in [0.5, 0.6) is 0 Å². The summed E-state index contributed by atoms with van der Waals surface area (Å²) in [6, 6.07) is 7.47. The number of ether oxygens (including phenoxy) is 1. The molecule has 1 rings (SSSR count). The second-order valence-electron chi connectivity index (χ2n) is 4.27. The minimum Gasteiger partial charge on any atom is -0.469 e. The van der Waals surface area contributed by atoms with Crippen LogP contribution >= 0.6 is 0 Å². The first-order chi connectivity index (χ1) is 9.13. The van der Waals surface area contributed by atoms with Gasteiger partial charge in [0.1, 0.15) is 0 Å². The van der Waals surface area contributed by atoms with Gasteiger partial charge in [0.05, 0.1) is 26.2 Å². The third-order valence-electron chi connectivity index (χ3n) is 3.05. The lowest BCUT2D eigenvalue weighted by molar-refractivity contribution is -0.141. The van der Waals surface area contributed by atoms with Crippen molar-refractivity contribution in [3.8, 4) is 0 Å². The second-order valence-corrected chi connectivity index (χ2v) is 4.27. The minimum atomic E-state index is -0.303. The Morgan fingerprint density at radius 3 is 2.16 bits per heavy atom. The fraction of sp³-hybridized carbons (Fsp3) is 0.500. The van der Waals surface area contributed by atoms with E-state index in [0.717, 1.165) is 11.3 Å². The molecule has 0 bridgehead atoms. The summed E-state index contributed by atoms with van der Waals surface area (Å²) < 4.78 is 4.71. The Kier molecular flexibility index (Phi) is 6.32. The maximum atomic E-state index is 11.4. The molecule has 19 heavy (non-hydrogen) atoms. The highest BCUT2D eigenvalue weighted by molar-refractivity contribution is 5.77. The highest BCUT2D eigenvalue weighted by atomic mass is 16.5. The molecule has 1 atom stereocenters. The van der Waals surface area contributed by atoms with E-state index in [1.165, 1.54) is 7.11 Å². The number of carbonyl (C=O) groups excluding carboxylic acids is 1. The number of hydrogen-bond donors (Lipinski definition) is 2. The molecule has 0 radical (unpaired) electrons. The largest absolute Gasteiger partial charge is 0.469 e. The molecule has 0 aliphatic carbocycles. The van der Waals surface area contributed by atoms with Crippen LogP contribution in [0, 0.1) is 0 Å². The number of hydrogen-bond acceptors (Lipinski definition) is 5. The second kappa shape index (κ2) is 7.76. The average Bonchev–Trinajstić information content (AvgIpc) is 2.45. The number of esters is 1. The molecule has 0 aromatic heterocycles. The Morgan fingerprint density at radius 1 is 1.21 bits per heavy atom. The van der Waals surface area contributed by atoms with E-state index in [4.69, 9.17) is 14.9 Å². The molecular formula is C14H21NO4. The van der Waals surface area contributed by atoms with Crippen molar-refractivity contribution in [3.05, 3.63) is 29.8 Å². The summed E-state index contributed by atoms with van der Waals surface area (Å²) in [6.07, 6.45) is 0. The van der Waals surface area contributed by atoms with Crippen LogP contribution in [-0.2, 0) is 9.53 Å². The van der Waals surface area contributed by atoms with Crippen LogP contribution in [-0.4, -0.2) is 49.6 Å². The molecule has 0 saturated heterocycles. The fourth-order valence-corrected chi connectivity index (χ4v) is 1.90. The van der Waals surface area contributed by atoms with E-state index in [9.17, 15) is 4.79 Å². The Labute approximate surface area is 113 Å². The van der Waals surface area contributed by atoms with Gasteiger partial charge >= 0.3 is 5.97 Å². The van der Waals surface area contributed by atoms with E-state index in [1.54, 1.807) is 6.92 Å². The lowest BCUT2D eigenvalue weighted by Crippen LogP contribution is -2.29. The summed E-state index contributed by atoms with van der Waals surface area (Å²) in [5, 5.41) is 18.0. The van der Waals surface area contributed by atoms with Crippen LogP contribution in [0.1, 0.15) is 18.4 Å². The van der Waals surface area contributed by atoms with Gasteiger partial charge in [-0.15, -0.1) is 0 Å². The van der Waals surface area contributed by atoms with Crippen molar-refractivity contribution in [1.29, 1.82) is 0 Å². The van der Waals surface area contributed by atoms with Crippen molar-refractivity contribution in [2.75, 3.05) is 38.3 Å². The Morgan fingerprint density at radius 2 is 1.74 bits per heavy atom. The molecule has 0 aliphatic rings. The van der Waals surface area contributed by atoms with Crippen LogP contribution in [0.25, 0.3) is 0 Å². The lowest BCUT2D eigenvalue weighted by Gasteiger charge is -2.23. The SMILES string of the molecule is COC(=O)C(C)c1ccc(N(CCO)CCO)cc1. The van der Waals surface area contributed by atoms with Crippen LogP contribution < -0.4 is 4.90 Å². The summed E-state index contributed by atoms with van der Waals surface area (Å²) in [4.78, 5) is 13.3. The quantitative estimate of drug-likeness (QED) is 0.714. The van der Waals surface area contributed by atoms with E-state index < -0.39 is 0 Å². The number of aliphatic hydroxyl groups is 2. The Balaban J connectivity index is 2.82. The van der Waals surface area contributed by atoms with Crippen molar-refractivity contribution in [3.63, 3.8) is 0 Å². The molecule has 0 fully saturated rings. The van der Waals surface area contributed by atoms with Gasteiger partial charge in [-0.05, 0) is 24.6 Å². The first kappa shape index (κ1) is 15.5. The molecule has 0 heterocycles. The molecule has 0 amide bonds. The van der Waals surface area contributed by atoms with Crippen molar-refractivity contribution < 1.29 is 19.7 Å². The van der Waals surface area contributed by atoms with Gasteiger partial charge in [0.15, 0.2) is 0 Å². The summed E-state index contributed by atoms with van der Waals surface area (Å²) in [7, 11) is 1.37. The minimum absolute atomic E-state index is 0.0281. The summed E-state index contributed by atoms with van der Waals surface area (Å²) in [5.41, 5.74) is 1.78. The van der Waals surface area contributed by atoms with Crippen LogP contribution in [0.2, 0.25) is 0 Å². The number of rotatable bonds is 7. The molecular weight excluding hydrogens is 246 g/mol. The number of methoxy groups -OCH3 is 1. The number of anilines is 1. The van der Waals surface area contributed by atoms with E-state index in [1.807, 2.05) is 29.2 Å². The molecule has 1 aromatic rings. The van der Waals surface area contributed by atoms with Gasteiger partial charge in [0, 0.05) is 18.8 Å². The van der Waals surface area contributed by atoms with Gasteiger partial charge in [0.2, 0.25) is 0 Å². The molecule has 0 spiro atoms. The molecule has 0 saturated carbocycles. The summed E-state index contributed by atoms with van der Waals surface area (Å²) in [5.74, 6) is -0.571. The molecule has 106 valence electrons. The summed E-state index contributed by atoms with van der Waals surface area (Å²) >= 11 is 0. The van der Waals surface area contributed by atoms with Crippen LogP contribution in [0.3, 0.4) is 0 Å². The molecule has 1 unspecified atom stereocenters. The van der Waals surface area contributed by atoms with Gasteiger partial charge < -0.3 is 19.8 Å². The standard InChI is InChI=1S/C14H21NO4/c1-11(14(18)19-2)12-3-5-13(6-4-12)15(7-9-16)8-10-17/h3-6,11,16-17H,7-10H2,1-2H3. The third-order valence-corrected chi connectivity index (χ3v) is 3.05. The van der Waals surface area contributed by atoms with Crippen molar-refractivity contribution >= 4 is 11.7 Å². The first-order valence-electron chi connectivity index (χ1n) is 6.28. The van der Waals surface area contributed by atoms with E-state index in [-0.39, 0.29) is 25.1 Å². The molecule has 1 aromatic carbocycles.